The predicted molar refractivity (Wildman–Crippen MR) is 68.3 cm³/mol. The fourth-order valence-electron chi connectivity index (χ4n) is 1.38. The van der Waals surface area contributed by atoms with E-state index in [1.807, 2.05) is 0 Å². The van der Waals surface area contributed by atoms with Crippen molar-refractivity contribution >= 4 is 27.5 Å². The van der Waals surface area contributed by atoms with Crippen LogP contribution in [0.3, 0.4) is 0 Å². The molecule has 1 rings (SSSR count). The van der Waals surface area contributed by atoms with E-state index in [0.29, 0.717) is 17.1 Å². The molecule has 0 aliphatic carbocycles. The molecule has 1 aromatic rings. The minimum atomic E-state index is -0.841. The highest BCUT2D eigenvalue weighted by Crippen LogP contribution is 2.33. The van der Waals surface area contributed by atoms with E-state index in [2.05, 4.69) is 15.9 Å². The van der Waals surface area contributed by atoms with Crippen molar-refractivity contribution in [1.82, 2.24) is 0 Å². The highest BCUT2D eigenvalue weighted by atomic mass is 79.9. The number of carbonyl (C=O) groups excluding carboxylic acids is 2. The zero-order valence-electron chi connectivity index (χ0n) is 9.97. The lowest BCUT2D eigenvalue weighted by Gasteiger charge is -2.12. The van der Waals surface area contributed by atoms with Gasteiger partial charge in [0, 0.05) is 0 Å². The number of ether oxygens (including phenoxy) is 2. The van der Waals surface area contributed by atoms with Crippen LogP contribution in [0.4, 0.5) is 0 Å². The minimum absolute atomic E-state index is 0.462. The van der Waals surface area contributed by atoms with Crippen molar-refractivity contribution < 1.29 is 24.2 Å². The number of rotatable bonds is 6. The summed E-state index contributed by atoms with van der Waals surface area (Å²) in [6.45, 7) is -0.797. The van der Waals surface area contributed by atoms with Gasteiger partial charge in [-0.15, -0.1) is 0 Å². The Kier molecular flexibility index (Phi) is 5.30. The van der Waals surface area contributed by atoms with Crippen LogP contribution < -0.4 is 9.47 Å². The van der Waals surface area contributed by atoms with Crippen LogP contribution >= 0.6 is 15.9 Å². The van der Waals surface area contributed by atoms with Gasteiger partial charge in [-0.3, -0.25) is 9.59 Å². The van der Waals surface area contributed by atoms with Gasteiger partial charge in [-0.2, -0.15) is 0 Å². The summed E-state index contributed by atoms with van der Waals surface area (Å²) < 4.78 is 10.2. The van der Waals surface area contributed by atoms with Crippen LogP contribution in [0.15, 0.2) is 18.2 Å². The Morgan fingerprint density at radius 1 is 1.28 bits per heavy atom. The molecule has 0 saturated carbocycles. The summed E-state index contributed by atoms with van der Waals surface area (Å²) in [5, 5.41) is 8.65. The lowest BCUT2D eigenvalue weighted by atomic mass is 10.1. The van der Waals surface area contributed by atoms with Crippen LogP contribution in [0, 0.1) is 0 Å². The van der Waals surface area contributed by atoms with E-state index in [0.717, 1.165) is 0 Å². The Balaban J connectivity index is 3.03. The molecule has 1 unspecified atom stereocenters. The third kappa shape index (κ3) is 3.08. The van der Waals surface area contributed by atoms with Gasteiger partial charge in [-0.05, 0) is 17.7 Å². The SMILES string of the molecule is COc1ccc(C(Br)C(=O)C(=O)CO)cc1OC. The monoisotopic (exact) mass is 316 g/mol. The molecule has 98 valence electrons. The van der Waals surface area contributed by atoms with Gasteiger partial charge in [-0.25, -0.2) is 0 Å². The third-order valence-electron chi connectivity index (χ3n) is 2.35. The number of aliphatic hydroxyl groups excluding tert-OH is 1. The van der Waals surface area contributed by atoms with E-state index in [1.165, 1.54) is 14.2 Å². The van der Waals surface area contributed by atoms with Crippen molar-refractivity contribution in [2.75, 3.05) is 20.8 Å². The minimum Gasteiger partial charge on any atom is -0.493 e. The van der Waals surface area contributed by atoms with Crippen LogP contribution in [-0.2, 0) is 9.59 Å². The molecule has 0 radical (unpaired) electrons. The summed E-state index contributed by atoms with van der Waals surface area (Å²) >= 11 is 3.12. The van der Waals surface area contributed by atoms with E-state index in [-0.39, 0.29) is 0 Å². The lowest BCUT2D eigenvalue weighted by molar-refractivity contribution is -0.137. The highest BCUT2D eigenvalue weighted by Gasteiger charge is 2.24. The molecule has 0 fully saturated rings. The summed E-state index contributed by atoms with van der Waals surface area (Å²) in [6, 6.07) is 4.88. The quantitative estimate of drug-likeness (QED) is 0.632. The van der Waals surface area contributed by atoms with Crippen LogP contribution in [-0.4, -0.2) is 37.5 Å². The molecule has 6 heteroatoms. The molecule has 1 N–H and O–H groups in total. The van der Waals surface area contributed by atoms with E-state index in [4.69, 9.17) is 14.6 Å². The van der Waals surface area contributed by atoms with Crippen molar-refractivity contribution in [3.8, 4) is 11.5 Å². The summed E-state index contributed by atoms with van der Waals surface area (Å²) in [4.78, 5) is 21.9. The number of hydrogen-bond donors (Lipinski definition) is 1. The maximum atomic E-state index is 11.6. The lowest BCUT2D eigenvalue weighted by Crippen LogP contribution is -2.21. The molecule has 0 aromatic heterocycles. The van der Waals surface area contributed by atoms with Crippen LogP contribution in [0.1, 0.15) is 10.4 Å². The molecule has 0 bridgehead atoms. The fourth-order valence-corrected chi connectivity index (χ4v) is 1.92. The summed E-state index contributed by atoms with van der Waals surface area (Å²) in [5.74, 6) is -0.554. The largest absolute Gasteiger partial charge is 0.493 e. The van der Waals surface area contributed by atoms with Crippen molar-refractivity contribution in [2.45, 2.75) is 4.83 Å². The van der Waals surface area contributed by atoms with Gasteiger partial charge in [0.2, 0.25) is 11.6 Å². The Bertz CT molecular complexity index is 458. The van der Waals surface area contributed by atoms with Crippen molar-refractivity contribution in [3.05, 3.63) is 23.8 Å². The zero-order valence-corrected chi connectivity index (χ0v) is 11.6. The normalized spacial score (nSPS) is 11.8. The number of aliphatic hydroxyl groups is 1. The Hall–Kier alpha value is -1.40. The molecule has 0 aliphatic rings. The Morgan fingerprint density at radius 3 is 2.39 bits per heavy atom. The Labute approximate surface area is 113 Å². The van der Waals surface area contributed by atoms with Gasteiger partial charge < -0.3 is 14.6 Å². The average Bonchev–Trinajstić information content (AvgIpc) is 2.43. The van der Waals surface area contributed by atoms with Crippen LogP contribution in [0.5, 0.6) is 11.5 Å². The van der Waals surface area contributed by atoms with Gasteiger partial charge in [0.15, 0.2) is 11.5 Å². The topological polar surface area (TPSA) is 72.8 Å². The molecule has 0 saturated heterocycles. The molecule has 18 heavy (non-hydrogen) atoms. The van der Waals surface area contributed by atoms with Gasteiger partial charge in [0.1, 0.15) is 11.4 Å². The molecular weight excluding hydrogens is 304 g/mol. The third-order valence-corrected chi connectivity index (χ3v) is 3.29. The number of methoxy groups -OCH3 is 2. The number of hydrogen-bond acceptors (Lipinski definition) is 5. The average molecular weight is 317 g/mol. The molecular formula is C12H13BrO5. The smallest absolute Gasteiger partial charge is 0.225 e. The summed E-state index contributed by atoms with van der Waals surface area (Å²) in [6.07, 6.45) is 0. The Morgan fingerprint density at radius 2 is 1.89 bits per heavy atom. The zero-order chi connectivity index (χ0) is 13.7. The van der Waals surface area contributed by atoms with Crippen molar-refractivity contribution in [2.24, 2.45) is 0 Å². The molecule has 5 nitrogen and oxygen atoms in total. The van der Waals surface area contributed by atoms with E-state index in [9.17, 15) is 9.59 Å². The number of carbonyl (C=O) groups is 2. The standard InChI is InChI=1S/C12H13BrO5/c1-17-9-4-3-7(5-10(9)18-2)11(13)12(16)8(15)6-14/h3-5,11,14H,6H2,1-2H3. The van der Waals surface area contributed by atoms with E-state index < -0.39 is 23.0 Å². The molecule has 0 aliphatic heterocycles. The molecule has 0 amide bonds. The molecule has 1 aromatic carbocycles. The number of halogens is 1. The highest BCUT2D eigenvalue weighted by molar-refractivity contribution is 9.09. The second-order valence-corrected chi connectivity index (χ2v) is 4.34. The molecule has 0 spiro atoms. The second-order valence-electron chi connectivity index (χ2n) is 3.42. The van der Waals surface area contributed by atoms with Crippen molar-refractivity contribution in [3.63, 3.8) is 0 Å². The fraction of sp³-hybridized carbons (Fsp3) is 0.333. The molecule has 1 atom stereocenters. The predicted octanol–water partition coefficient (Wildman–Crippen LogP) is 1.27. The number of benzene rings is 1. The van der Waals surface area contributed by atoms with Crippen LogP contribution in [0.2, 0.25) is 0 Å². The first kappa shape index (κ1) is 14.7. The maximum absolute atomic E-state index is 11.6. The number of ketones is 2. The van der Waals surface area contributed by atoms with Crippen molar-refractivity contribution in [1.29, 1.82) is 0 Å². The number of alkyl halides is 1. The molecule has 0 heterocycles. The van der Waals surface area contributed by atoms with Gasteiger partial charge in [0.05, 0.1) is 14.2 Å². The van der Waals surface area contributed by atoms with Gasteiger partial charge in [0.25, 0.3) is 0 Å². The first-order chi connectivity index (χ1) is 8.54. The summed E-state index contributed by atoms with van der Waals surface area (Å²) in [5.41, 5.74) is 0.555. The maximum Gasteiger partial charge on any atom is 0.225 e. The van der Waals surface area contributed by atoms with E-state index >= 15 is 0 Å². The first-order valence-corrected chi connectivity index (χ1v) is 6.00. The first-order valence-electron chi connectivity index (χ1n) is 5.09. The van der Waals surface area contributed by atoms with E-state index in [1.54, 1.807) is 18.2 Å². The van der Waals surface area contributed by atoms with Gasteiger partial charge in [-0.1, -0.05) is 22.0 Å². The van der Waals surface area contributed by atoms with Crippen LogP contribution in [0.25, 0.3) is 0 Å². The number of Topliss-reactive ketones (excluding diaryl/α,β-unsaturated/α-hetero) is 2. The second kappa shape index (κ2) is 6.51. The summed E-state index contributed by atoms with van der Waals surface area (Å²) in [7, 11) is 2.98. The van der Waals surface area contributed by atoms with Gasteiger partial charge >= 0.3 is 0 Å².